The van der Waals surface area contributed by atoms with Gasteiger partial charge in [-0.1, -0.05) is 59.3 Å². The van der Waals surface area contributed by atoms with Crippen molar-refractivity contribution >= 4 is 5.97 Å². The molecule has 0 aromatic heterocycles. The molecule has 0 N–H and O–H groups in total. The van der Waals surface area contributed by atoms with Crippen LogP contribution >= 0.6 is 0 Å². The van der Waals surface area contributed by atoms with E-state index < -0.39 is 0 Å². The van der Waals surface area contributed by atoms with Gasteiger partial charge in [-0.05, 0) is 39.0 Å². The van der Waals surface area contributed by atoms with Crippen LogP contribution < -0.4 is 0 Å². The van der Waals surface area contributed by atoms with Crippen LogP contribution in [0.3, 0.4) is 0 Å². The monoisotopic (exact) mass is 384 g/mol. The van der Waals surface area contributed by atoms with Crippen molar-refractivity contribution in [1.29, 1.82) is 0 Å². The first-order chi connectivity index (χ1) is 12.8. The Morgan fingerprint density at radius 2 is 1.52 bits per heavy atom. The molecule has 0 heterocycles. The Balaban J connectivity index is 3.85. The minimum atomic E-state index is -0.231. The molecule has 1 unspecified atom stereocenters. The van der Waals surface area contributed by atoms with Gasteiger partial charge in [0.05, 0.1) is 32.0 Å². The standard InChI is InChI=1S/C23H44O4/c1-7-25-19-21(18-22(24)26-8-2)20(3)27-17-15-13-11-9-10-12-14-16-23(4,5)6/h19-20H,7-18H2,1-6H3. The number of hydrogen-bond donors (Lipinski definition) is 0. The van der Waals surface area contributed by atoms with Gasteiger partial charge in [0, 0.05) is 12.2 Å². The van der Waals surface area contributed by atoms with Gasteiger partial charge in [-0.25, -0.2) is 0 Å². The molecule has 4 heteroatoms. The minimum Gasteiger partial charge on any atom is -0.501 e. The third-order valence-electron chi connectivity index (χ3n) is 4.52. The summed E-state index contributed by atoms with van der Waals surface area (Å²) in [6.07, 6.45) is 12.0. The smallest absolute Gasteiger partial charge is 0.310 e. The number of ether oxygens (including phenoxy) is 3. The van der Waals surface area contributed by atoms with Crippen molar-refractivity contribution in [2.75, 3.05) is 19.8 Å². The molecule has 0 aromatic carbocycles. The van der Waals surface area contributed by atoms with E-state index in [1.807, 2.05) is 20.8 Å². The molecule has 0 bridgehead atoms. The zero-order chi connectivity index (χ0) is 20.5. The van der Waals surface area contributed by atoms with E-state index in [-0.39, 0.29) is 18.5 Å². The fourth-order valence-corrected chi connectivity index (χ4v) is 2.86. The summed E-state index contributed by atoms with van der Waals surface area (Å²) >= 11 is 0. The highest BCUT2D eigenvalue weighted by Gasteiger charge is 2.15. The molecule has 27 heavy (non-hydrogen) atoms. The average molecular weight is 385 g/mol. The maximum absolute atomic E-state index is 11.7. The Kier molecular flexibility index (Phi) is 15.4. The Labute approximate surface area is 168 Å². The van der Waals surface area contributed by atoms with Crippen LogP contribution in [0.1, 0.15) is 99.3 Å². The summed E-state index contributed by atoms with van der Waals surface area (Å²) in [5.41, 5.74) is 1.31. The molecule has 0 aliphatic heterocycles. The van der Waals surface area contributed by atoms with E-state index in [0.717, 1.165) is 18.6 Å². The molecule has 0 amide bonds. The van der Waals surface area contributed by atoms with E-state index in [1.165, 1.54) is 44.9 Å². The fraction of sp³-hybridized carbons (Fsp3) is 0.870. The Hall–Kier alpha value is -1.03. The molecule has 0 saturated heterocycles. The van der Waals surface area contributed by atoms with Crippen LogP contribution in [0.25, 0.3) is 0 Å². The van der Waals surface area contributed by atoms with Gasteiger partial charge < -0.3 is 14.2 Å². The summed E-state index contributed by atoms with van der Waals surface area (Å²) in [5.74, 6) is -0.231. The summed E-state index contributed by atoms with van der Waals surface area (Å²) in [6, 6.07) is 0. The lowest BCUT2D eigenvalue weighted by Gasteiger charge is -2.17. The third kappa shape index (κ3) is 16.8. The number of unbranched alkanes of at least 4 members (excludes halogenated alkanes) is 6. The van der Waals surface area contributed by atoms with Gasteiger partial charge in [-0.15, -0.1) is 0 Å². The predicted octanol–water partition coefficient (Wildman–Crippen LogP) is 6.43. The van der Waals surface area contributed by atoms with E-state index in [0.29, 0.717) is 18.6 Å². The van der Waals surface area contributed by atoms with Crippen molar-refractivity contribution in [3.05, 3.63) is 11.8 Å². The first-order valence-corrected chi connectivity index (χ1v) is 10.9. The SMILES string of the molecule is CCOC=C(CC(=O)OCC)C(C)OCCCCCCCCCC(C)(C)C. The molecule has 0 radical (unpaired) electrons. The lowest BCUT2D eigenvalue weighted by Crippen LogP contribution is -2.17. The highest BCUT2D eigenvalue weighted by molar-refractivity contribution is 5.72. The second-order valence-corrected chi connectivity index (χ2v) is 8.43. The van der Waals surface area contributed by atoms with Gasteiger partial charge in [-0.2, -0.15) is 0 Å². The van der Waals surface area contributed by atoms with Gasteiger partial charge in [0.25, 0.3) is 0 Å². The molecule has 0 rings (SSSR count). The number of esters is 1. The predicted molar refractivity (Wildman–Crippen MR) is 113 cm³/mol. The molecule has 160 valence electrons. The summed E-state index contributed by atoms with van der Waals surface area (Å²) in [7, 11) is 0. The molecular weight excluding hydrogens is 340 g/mol. The van der Waals surface area contributed by atoms with E-state index in [1.54, 1.807) is 6.26 Å². The van der Waals surface area contributed by atoms with E-state index >= 15 is 0 Å². The molecule has 0 aliphatic carbocycles. The minimum absolute atomic E-state index is 0.127. The summed E-state index contributed by atoms with van der Waals surface area (Å²) in [4.78, 5) is 11.7. The maximum Gasteiger partial charge on any atom is 0.310 e. The largest absolute Gasteiger partial charge is 0.501 e. The van der Waals surface area contributed by atoms with Crippen molar-refractivity contribution < 1.29 is 19.0 Å². The van der Waals surface area contributed by atoms with Crippen molar-refractivity contribution in [1.82, 2.24) is 0 Å². The van der Waals surface area contributed by atoms with Crippen molar-refractivity contribution in [2.24, 2.45) is 5.41 Å². The maximum atomic E-state index is 11.7. The van der Waals surface area contributed by atoms with Gasteiger partial charge in [-0.3, -0.25) is 4.79 Å². The summed E-state index contributed by atoms with van der Waals surface area (Å²) in [5, 5.41) is 0. The second-order valence-electron chi connectivity index (χ2n) is 8.43. The Morgan fingerprint density at radius 1 is 0.926 bits per heavy atom. The molecule has 0 fully saturated rings. The van der Waals surface area contributed by atoms with E-state index in [4.69, 9.17) is 14.2 Å². The zero-order valence-corrected chi connectivity index (χ0v) is 18.8. The van der Waals surface area contributed by atoms with Crippen LogP contribution in [0.5, 0.6) is 0 Å². The first-order valence-electron chi connectivity index (χ1n) is 10.9. The molecular formula is C23H44O4. The van der Waals surface area contributed by atoms with Crippen molar-refractivity contribution in [2.45, 2.75) is 105 Å². The molecule has 0 saturated carbocycles. The number of carbonyl (C=O) groups excluding carboxylic acids is 1. The second kappa shape index (κ2) is 16.0. The average Bonchev–Trinajstić information content (AvgIpc) is 2.59. The van der Waals surface area contributed by atoms with Gasteiger partial charge >= 0.3 is 5.97 Å². The van der Waals surface area contributed by atoms with Gasteiger partial charge in [0.2, 0.25) is 0 Å². The molecule has 0 spiro atoms. The van der Waals surface area contributed by atoms with Crippen LogP contribution in [0.2, 0.25) is 0 Å². The molecule has 1 atom stereocenters. The molecule has 4 nitrogen and oxygen atoms in total. The quantitative estimate of drug-likeness (QED) is 0.175. The topological polar surface area (TPSA) is 44.8 Å². The summed E-state index contributed by atoms with van der Waals surface area (Å²) < 4.78 is 16.3. The lowest BCUT2D eigenvalue weighted by atomic mass is 9.89. The number of rotatable bonds is 16. The summed E-state index contributed by atoms with van der Waals surface area (Å²) in [6.45, 7) is 14.3. The van der Waals surface area contributed by atoms with Crippen LogP contribution in [-0.4, -0.2) is 31.9 Å². The lowest BCUT2D eigenvalue weighted by molar-refractivity contribution is -0.142. The number of carbonyl (C=O) groups is 1. The van der Waals surface area contributed by atoms with E-state index in [9.17, 15) is 4.79 Å². The van der Waals surface area contributed by atoms with Crippen LogP contribution in [-0.2, 0) is 19.0 Å². The van der Waals surface area contributed by atoms with Crippen LogP contribution in [0.4, 0.5) is 0 Å². The van der Waals surface area contributed by atoms with Gasteiger partial charge in [0.15, 0.2) is 0 Å². The number of hydrogen-bond acceptors (Lipinski definition) is 4. The van der Waals surface area contributed by atoms with Crippen LogP contribution in [0.15, 0.2) is 11.8 Å². The van der Waals surface area contributed by atoms with Crippen molar-refractivity contribution in [3.8, 4) is 0 Å². The third-order valence-corrected chi connectivity index (χ3v) is 4.52. The van der Waals surface area contributed by atoms with E-state index in [2.05, 4.69) is 20.8 Å². The van der Waals surface area contributed by atoms with Gasteiger partial charge in [0.1, 0.15) is 0 Å². The Morgan fingerprint density at radius 3 is 2.07 bits per heavy atom. The first kappa shape index (κ1) is 26.0. The highest BCUT2D eigenvalue weighted by atomic mass is 16.5. The molecule has 0 aromatic rings. The Bertz CT molecular complexity index is 396. The zero-order valence-electron chi connectivity index (χ0n) is 18.8. The molecule has 0 aliphatic rings. The normalized spacial score (nSPS) is 13.5. The fourth-order valence-electron chi connectivity index (χ4n) is 2.86. The highest BCUT2D eigenvalue weighted by Crippen LogP contribution is 2.22. The van der Waals surface area contributed by atoms with Crippen LogP contribution in [0, 0.1) is 5.41 Å². The van der Waals surface area contributed by atoms with Crippen molar-refractivity contribution in [3.63, 3.8) is 0 Å².